The number of hydrogen-bond acceptors (Lipinski definition) is 3. The molecule has 0 radical (unpaired) electrons. The normalized spacial score (nSPS) is 10.5. The van der Waals surface area contributed by atoms with Crippen molar-refractivity contribution in [2.45, 2.75) is 12.3 Å². The first-order chi connectivity index (χ1) is 7.15. The molecule has 0 unspecified atom stereocenters. The van der Waals surface area contributed by atoms with Crippen molar-refractivity contribution >= 4 is 11.6 Å². The molecule has 0 N–H and O–H groups in total. The maximum atomic E-state index is 12.7. The summed E-state index contributed by atoms with van der Waals surface area (Å²) in [7, 11) is 2.57. The summed E-state index contributed by atoms with van der Waals surface area (Å²) in [5.74, 6) is -0.0533. The minimum absolute atomic E-state index is 0.0341. The molecule has 0 bridgehead atoms. The molecule has 1 aromatic rings. The molecular formula is C9H10ClF2NO2. The average molecular weight is 238 g/mol. The average Bonchev–Trinajstić information content (AvgIpc) is 2.26. The number of rotatable bonds is 4. The molecule has 0 aliphatic heterocycles. The van der Waals surface area contributed by atoms with Gasteiger partial charge < -0.3 is 9.47 Å². The van der Waals surface area contributed by atoms with Crippen LogP contribution in [0.4, 0.5) is 8.78 Å². The lowest BCUT2D eigenvalue weighted by atomic mass is 10.2. The van der Waals surface area contributed by atoms with Crippen LogP contribution in [0.15, 0.2) is 6.20 Å². The number of aromatic nitrogens is 1. The second-order valence-corrected chi connectivity index (χ2v) is 2.94. The number of alkyl halides is 3. The molecule has 1 aromatic heterocycles. The zero-order chi connectivity index (χ0) is 11.4. The van der Waals surface area contributed by atoms with Gasteiger partial charge in [-0.1, -0.05) is 0 Å². The quantitative estimate of drug-likeness (QED) is 0.755. The van der Waals surface area contributed by atoms with E-state index in [0.717, 1.165) is 0 Å². The van der Waals surface area contributed by atoms with Crippen molar-refractivity contribution in [2.75, 3.05) is 14.2 Å². The first-order valence-corrected chi connectivity index (χ1v) is 4.63. The molecule has 0 aliphatic rings. The highest BCUT2D eigenvalue weighted by molar-refractivity contribution is 6.17. The van der Waals surface area contributed by atoms with Crippen molar-refractivity contribution in [3.63, 3.8) is 0 Å². The molecule has 0 aliphatic carbocycles. The highest BCUT2D eigenvalue weighted by Gasteiger charge is 2.23. The zero-order valence-electron chi connectivity index (χ0n) is 8.26. The third kappa shape index (κ3) is 2.28. The van der Waals surface area contributed by atoms with Crippen LogP contribution in [0.5, 0.6) is 11.6 Å². The van der Waals surface area contributed by atoms with Crippen LogP contribution in [0, 0.1) is 0 Å². The lowest BCUT2D eigenvalue weighted by molar-refractivity contribution is 0.141. The molecule has 84 valence electrons. The van der Waals surface area contributed by atoms with Gasteiger partial charge in [-0.25, -0.2) is 13.8 Å². The fourth-order valence-electron chi connectivity index (χ4n) is 1.23. The number of halogens is 3. The predicted octanol–water partition coefficient (Wildman–Crippen LogP) is 2.78. The predicted molar refractivity (Wildman–Crippen MR) is 51.9 cm³/mol. The maximum Gasteiger partial charge on any atom is 0.272 e. The molecule has 0 saturated heterocycles. The Balaban J connectivity index is 3.37. The van der Waals surface area contributed by atoms with E-state index in [-0.39, 0.29) is 23.1 Å². The van der Waals surface area contributed by atoms with Crippen LogP contribution in [0.25, 0.3) is 0 Å². The monoisotopic (exact) mass is 237 g/mol. The fourth-order valence-corrected chi connectivity index (χ4v) is 1.42. The largest absolute Gasteiger partial charge is 0.496 e. The summed E-state index contributed by atoms with van der Waals surface area (Å²) in [5, 5.41) is 0. The molecule has 0 amide bonds. The smallest absolute Gasteiger partial charge is 0.272 e. The third-order valence-corrected chi connectivity index (χ3v) is 2.15. The van der Waals surface area contributed by atoms with Crippen LogP contribution in [-0.4, -0.2) is 19.2 Å². The van der Waals surface area contributed by atoms with Gasteiger partial charge in [0, 0.05) is 11.8 Å². The Morgan fingerprint density at radius 2 is 2.07 bits per heavy atom. The number of pyridine rings is 1. The van der Waals surface area contributed by atoms with Crippen molar-refractivity contribution in [1.82, 2.24) is 4.98 Å². The lowest BCUT2D eigenvalue weighted by Gasteiger charge is -2.13. The molecule has 3 nitrogen and oxygen atoms in total. The Morgan fingerprint density at radius 1 is 1.40 bits per heavy atom. The van der Waals surface area contributed by atoms with Gasteiger partial charge in [0.05, 0.1) is 20.1 Å². The minimum atomic E-state index is -2.72. The van der Waals surface area contributed by atoms with Gasteiger partial charge in [-0.2, -0.15) is 0 Å². The van der Waals surface area contributed by atoms with Crippen LogP contribution in [0.1, 0.15) is 17.6 Å². The Bertz CT molecular complexity index is 347. The first-order valence-electron chi connectivity index (χ1n) is 4.09. The molecule has 0 atom stereocenters. The second kappa shape index (κ2) is 5.11. The van der Waals surface area contributed by atoms with Gasteiger partial charge in [0.2, 0.25) is 5.88 Å². The first kappa shape index (κ1) is 12.0. The second-order valence-electron chi connectivity index (χ2n) is 2.67. The molecule has 0 aromatic carbocycles. The van der Waals surface area contributed by atoms with E-state index in [1.165, 1.54) is 20.4 Å². The molecule has 1 heterocycles. The Morgan fingerprint density at radius 3 is 2.47 bits per heavy atom. The van der Waals surface area contributed by atoms with E-state index in [9.17, 15) is 8.78 Å². The van der Waals surface area contributed by atoms with E-state index in [1.54, 1.807) is 0 Å². The Labute approximate surface area is 91.0 Å². The topological polar surface area (TPSA) is 31.4 Å². The van der Waals surface area contributed by atoms with E-state index >= 15 is 0 Å². The number of nitrogens with zero attached hydrogens (tertiary/aromatic N) is 1. The molecule has 1 rings (SSSR count). The summed E-state index contributed by atoms with van der Waals surface area (Å²) in [6.07, 6.45) is -1.36. The van der Waals surface area contributed by atoms with Crippen molar-refractivity contribution in [3.05, 3.63) is 17.3 Å². The van der Waals surface area contributed by atoms with Crippen molar-refractivity contribution < 1.29 is 18.3 Å². The van der Waals surface area contributed by atoms with Crippen LogP contribution < -0.4 is 9.47 Å². The van der Waals surface area contributed by atoms with Gasteiger partial charge in [0.15, 0.2) is 0 Å². The van der Waals surface area contributed by atoms with Crippen LogP contribution >= 0.6 is 11.6 Å². The van der Waals surface area contributed by atoms with Gasteiger partial charge in [-0.3, -0.25) is 0 Å². The Hall–Kier alpha value is -1.10. The number of hydrogen-bond donors (Lipinski definition) is 0. The van der Waals surface area contributed by atoms with Crippen molar-refractivity contribution in [2.24, 2.45) is 0 Å². The minimum Gasteiger partial charge on any atom is -0.496 e. The van der Waals surface area contributed by atoms with Crippen LogP contribution in [-0.2, 0) is 5.88 Å². The van der Waals surface area contributed by atoms with E-state index in [0.29, 0.717) is 5.56 Å². The van der Waals surface area contributed by atoms with E-state index in [4.69, 9.17) is 21.1 Å². The van der Waals surface area contributed by atoms with Gasteiger partial charge >= 0.3 is 0 Å². The number of methoxy groups -OCH3 is 2. The van der Waals surface area contributed by atoms with Gasteiger partial charge in [-0.05, 0) is 0 Å². The summed E-state index contributed by atoms with van der Waals surface area (Å²) in [5.41, 5.74) is 0.0495. The van der Waals surface area contributed by atoms with Crippen LogP contribution in [0.3, 0.4) is 0 Å². The molecular weight excluding hydrogens is 228 g/mol. The number of ether oxygens (including phenoxy) is 2. The lowest BCUT2D eigenvalue weighted by Crippen LogP contribution is -2.02. The molecule has 6 heteroatoms. The molecule has 0 spiro atoms. The zero-order valence-corrected chi connectivity index (χ0v) is 9.02. The molecule has 0 saturated carbocycles. The molecule has 0 fully saturated rings. The Kier molecular flexibility index (Phi) is 4.08. The summed E-state index contributed by atoms with van der Waals surface area (Å²) >= 11 is 5.58. The molecule has 15 heavy (non-hydrogen) atoms. The summed E-state index contributed by atoms with van der Waals surface area (Å²) < 4.78 is 35.1. The summed E-state index contributed by atoms with van der Waals surface area (Å²) in [6.45, 7) is 0. The highest BCUT2D eigenvalue weighted by Crippen LogP contribution is 2.38. The highest BCUT2D eigenvalue weighted by atomic mass is 35.5. The van der Waals surface area contributed by atoms with E-state index < -0.39 is 6.43 Å². The maximum absolute atomic E-state index is 12.7. The standard InChI is InChI=1S/C9H10ClF2NO2/c1-14-7-5(3-10)4-13-9(15-2)6(7)8(11)12/h4,8H,3H2,1-2H3. The van der Waals surface area contributed by atoms with Crippen LogP contribution in [0.2, 0.25) is 0 Å². The van der Waals surface area contributed by atoms with Crippen molar-refractivity contribution in [3.8, 4) is 11.6 Å². The van der Waals surface area contributed by atoms with Gasteiger partial charge in [0.25, 0.3) is 6.43 Å². The SMILES string of the molecule is COc1ncc(CCl)c(OC)c1C(F)F. The van der Waals surface area contributed by atoms with Gasteiger partial charge in [0.1, 0.15) is 11.3 Å². The van der Waals surface area contributed by atoms with E-state index in [1.807, 2.05) is 0 Å². The van der Waals surface area contributed by atoms with Crippen molar-refractivity contribution in [1.29, 1.82) is 0 Å². The summed E-state index contributed by atoms with van der Waals surface area (Å²) in [6, 6.07) is 0. The third-order valence-electron chi connectivity index (χ3n) is 1.86. The fraction of sp³-hybridized carbons (Fsp3) is 0.444. The van der Waals surface area contributed by atoms with E-state index in [2.05, 4.69) is 4.98 Å². The van der Waals surface area contributed by atoms with Gasteiger partial charge in [-0.15, -0.1) is 11.6 Å². The summed E-state index contributed by atoms with van der Waals surface area (Å²) in [4.78, 5) is 3.73.